The number of hydrogen-bond acceptors (Lipinski definition) is 3. The van der Waals surface area contributed by atoms with Gasteiger partial charge >= 0.3 is 0 Å². The SMILES string of the molecule is CNC(C)N(C)CNCI. The van der Waals surface area contributed by atoms with Crippen LogP contribution in [0.15, 0.2) is 0 Å². The van der Waals surface area contributed by atoms with Crippen molar-refractivity contribution in [3.63, 3.8) is 0 Å². The van der Waals surface area contributed by atoms with Crippen LogP contribution in [0.25, 0.3) is 0 Å². The van der Waals surface area contributed by atoms with Crippen molar-refractivity contribution in [2.75, 3.05) is 25.3 Å². The van der Waals surface area contributed by atoms with E-state index in [1.165, 1.54) is 0 Å². The molecule has 0 saturated carbocycles. The Labute approximate surface area is 76.7 Å². The van der Waals surface area contributed by atoms with Gasteiger partial charge in [0, 0.05) is 11.2 Å². The summed E-state index contributed by atoms with van der Waals surface area (Å²) in [5.74, 6) is 0. The standard InChI is InChI=1S/C6H16IN3/c1-6(8-2)10(3)5-9-4-7/h6,8-9H,4-5H2,1-3H3. The van der Waals surface area contributed by atoms with Crippen molar-refractivity contribution in [3.8, 4) is 0 Å². The van der Waals surface area contributed by atoms with Gasteiger partial charge in [-0.1, -0.05) is 22.6 Å². The second-order valence-corrected chi connectivity index (χ2v) is 3.03. The molecule has 2 N–H and O–H groups in total. The average Bonchev–Trinajstić information content (AvgIpc) is 1.98. The normalized spacial score (nSPS) is 14.1. The van der Waals surface area contributed by atoms with Crippen LogP contribution in [0, 0.1) is 0 Å². The van der Waals surface area contributed by atoms with Crippen LogP contribution in [0.2, 0.25) is 0 Å². The van der Waals surface area contributed by atoms with E-state index in [-0.39, 0.29) is 0 Å². The van der Waals surface area contributed by atoms with E-state index in [2.05, 4.69) is 52.1 Å². The highest BCUT2D eigenvalue weighted by Gasteiger charge is 2.03. The van der Waals surface area contributed by atoms with Gasteiger partial charge < -0.3 is 5.32 Å². The zero-order valence-electron chi connectivity index (χ0n) is 6.82. The maximum absolute atomic E-state index is 3.24. The largest absolute Gasteiger partial charge is 0.305 e. The minimum absolute atomic E-state index is 0.440. The lowest BCUT2D eigenvalue weighted by Gasteiger charge is -2.23. The number of nitrogens with one attached hydrogen (secondary N) is 2. The molecule has 0 aliphatic rings. The van der Waals surface area contributed by atoms with E-state index in [1.807, 2.05) is 7.05 Å². The van der Waals surface area contributed by atoms with Crippen molar-refractivity contribution in [1.29, 1.82) is 0 Å². The van der Waals surface area contributed by atoms with Gasteiger partial charge in [-0.3, -0.25) is 10.2 Å². The van der Waals surface area contributed by atoms with Gasteiger partial charge in [-0.2, -0.15) is 0 Å². The summed E-state index contributed by atoms with van der Waals surface area (Å²) in [5.41, 5.74) is 0. The Morgan fingerprint density at radius 1 is 1.60 bits per heavy atom. The molecular formula is C6H16IN3. The minimum Gasteiger partial charge on any atom is -0.305 e. The van der Waals surface area contributed by atoms with Crippen LogP contribution in [0.3, 0.4) is 0 Å². The third-order valence-electron chi connectivity index (χ3n) is 1.53. The number of hydrogen-bond donors (Lipinski definition) is 2. The third kappa shape index (κ3) is 4.43. The summed E-state index contributed by atoms with van der Waals surface area (Å²) in [5, 5.41) is 6.39. The molecule has 0 aromatic rings. The number of halogens is 1. The van der Waals surface area contributed by atoms with E-state index >= 15 is 0 Å². The van der Waals surface area contributed by atoms with Gasteiger partial charge in [0.25, 0.3) is 0 Å². The van der Waals surface area contributed by atoms with Crippen molar-refractivity contribution in [2.45, 2.75) is 13.1 Å². The van der Waals surface area contributed by atoms with Crippen LogP contribution >= 0.6 is 22.6 Å². The van der Waals surface area contributed by atoms with Crippen molar-refractivity contribution in [1.82, 2.24) is 15.5 Å². The molecule has 3 nitrogen and oxygen atoms in total. The Morgan fingerprint density at radius 2 is 2.20 bits per heavy atom. The highest BCUT2D eigenvalue weighted by atomic mass is 127. The molecule has 0 rings (SSSR count). The predicted molar refractivity (Wildman–Crippen MR) is 53.2 cm³/mol. The number of rotatable bonds is 5. The Morgan fingerprint density at radius 3 is 2.60 bits per heavy atom. The quantitative estimate of drug-likeness (QED) is 0.323. The first-order valence-electron chi connectivity index (χ1n) is 3.36. The summed E-state index contributed by atoms with van der Waals surface area (Å²) in [6.45, 7) is 3.07. The Kier molecular flexibility index (Phi) is 6.71. The molecule has 4 heteroatoms. The molecule has 62 valence electrons. The van der Waals surface area contributed by atoms with E-state index in [0.29, 0.717) is 6.17 Å². The molecule has 0 saturated heterocycles. The van der Waals surface area contributed by atoms with Gasteiger partial charge in [0.15, 0.2) is 0 Å². The third-order valence-corrected chi connectivity index (χ3v) is 2.07. The summed E-state index contributed by atoms with van der Waals surface area (Å²) in [6.07, 6.45) is 0.440. The highest BCUT2D eigenvalue weighted by molar-refractivity contribution is 14.1. The minimum atomic E-state index is 0.440. The van der Waals surface area contributed by atoms with E-state index in [1.54, 1.807) is 0 Å². The van der Waals surface area contributed by atoms with Crippen LogP contribution in [-0.2, 0) is 0 Å². The zero-order valence-corrected chi connectivity index (χ0v) is 8.97. The molecule has 0 heterocycles. The van der Waals surface area contributed by atoms with Crippen molar-refractivity contribution in [2.24, 2.45) is 0 Å². The van der Waals surface area contributed by atoms with Gasteiger partial charge in [0.2, 0.25) is 0 Å². The van der Waals surface area contributed by atoms with Gasteiger partial charge in [-0.25, -0.2) is 0 Å². The molecular weight excluding hydrogens is 241 g/mol. The molecule has 0 fully saturated rings. The molecule has 0 aliphatic carbocycles. The van der Waals surface area contributed by atoms with E-state index in [4.69, 9.17) is 0 Å². The molecule has 0 aromatic carbocycles. The molecule has 0 bridgehead atoms. The van der Waals surface area contributed by atoms with Gasteiger partial charge in [0.1, 0.15) is 0 Å². The van der Waals surface area contributed by atoms with Crippen molar-refractivity contribution in [3.05, 3.63) is 0 Å². The first-order chi connectivity index (χ1) is 4.72. The molecule has 10 heavy (non-hydrogen) atoms. The average molecular weight is 257 g/mol. The van der Waals surface area contributed by atoms with Crippen molar-refractivity contribution >= 4 is 22.6 Å². The number of alkyl halides is 1. The van der Waals surface area contributed by atoms with E-state index < -0.39 is 0 Å². The Hall–Kier alpha value is 0.610. The molecule has 1 unspecified atom stereocenters. The van der Waals surface area contributed by atoms with E-state index in [0.717, 1.165) is 11.2 Å². The molecule has 0 spiro atoms. The molecule has 0 amide bonds. The zero-order chi connectivity index (χ0) is 7.98. The van der Waals surface area contributed by atoms with Crippen LogP contribution in [0.5, 0.6) is 0 Å². The lowest BCUT2D eigenvalue weighted by molar-refractivity contribution is 0.219. The van der Waals surface area contributed by atoms with Crippen LogP contribution in [-0.4, -0.2) is 36.4 Å². The second kappa shape index (κ2) is 6.33. The fourth-order valence-corrected chi connectivity index (χ4v) is 0.817. The fourth-order valence-electron chi connectivity index (χ4n) is 0.576. The molecule has 0 aliphatic heterocycles. The summed E-state index contributed by atoms with van der Waals surface area (Å²) < 4.78 is 0.999. The monoisotopic (exact) mass is 257 g/mol. The van der Waals surface area contributed by atoms with E-state index in [9.17, 15) is 0 Å². The summed E-state index contributed by atoms with van der Waals surface area (Å²) in [6, 6.07) is 0. The summed E-state index contributed by atoms with van der Waals surface area (Å²) in [4.78, 5) is 2.21. The van der Waals surface area contributed by atoms with Gasteiger partial charge in [-0.05, 0) is 21.0 Å². The summed E-state index contributed by atoms with van der Waals surface area (Å²) in [7, 11) is 4.05. The Balaban J connectivity index is 3.31. The summed E-state index contributed by atoms with van der Waals surface area (Å²) >= 11 is 2.30. The molecule has 1 atom stereocenters. The van der Waals surface area contributed by atoms with Gasteiger partial charge in [0.05, 0.1) is 6.17 Å². The Bertz CT molecular complexity index is 79.4. The lowest BCUT2D eigenvalue weighted by Crippen LogP contribution is -2.43. The fraction of sp³-hybridized carbons (Fsp3) is 1.00. The molecule has 0 radical (unpaired) electrons. The smallest absolute Gasteiger partial charge is 0.0574 e. The first-order valence-corrected chi connectivity index (χ1v) is 4.89. The highest BCUT2D eigenvalue weighted by Crippen LogP contribution is 1.86. The maximum atomic E-state index is 3.24. The predicted octanol–water partition coefficient (Wildman–Crippen LogP) is 0.423. The van der Waals surface area contributed by atoms with Crippen LogP contribution in [0.1, 0.15) is 6.92 Å². The van der Waals surface area contributed by atoms with Crippen LogP contribution < -0.4 is 10.6 Å². The first kappa shape index (κ1) is 10.6. The lowest BCUT2D eigenvalue weighted by atomic mass is 10.5. The number of nitrogens with zero attached hydrogens (tertiary/aromatic N) is 1. The van der Waals surface area contributed by atoms with Crippen molar-refractivity contribution < 1.29 is 0 Å². The molecule has 0 aromatic heterocycles. The maximum Gasteiger partial charge on any atom is 0.0574 e. The topological polar surface area (TPSA) is 27.3 Å². The second-order valence-electron chi connectivity index (χ2n) is 2.26. The van der Waals surface area contributed by atoms with Gasteiger partial charge in [-0.15, -0.1) is 0 Å². The van der Waals surface area contributed by atoms with Crippen LogP contribution in [0.4, 0.5) is 0 Å².